The van der Waals surface area contributed by atoms with Crippen molar-refractivity contribution in [3.05, 3.63) is 92.6 Å². The van der Waals surface area contributed by atoms with E-state index in [0.717, 1.165) is 33.8 Å². The van der Waals surface area contributed by atoms with Gasteiger partial charge in [-0.25, -0.2) is 0 Å². The second-order valence-corrected chi connectivity index (χ2v) is 9.31. The molecule has 4 rings (SSSR count). The van der Waals surface area contributed by atoms with Crippen LogP contribution in [0.25, 0.3) is 10.2 Å². The quantitative estimate of drug-likeness (QED) is 0.139. The standard InChI is InChI=1S/C26H29N3O5S/c1-34-22-8-3-2-7-19(22)15-28-14-18-6-4-5-17(13-18)11-12-27-16-26(32,33)20-9-10-21(30)23-24(20)35-25(31)29-23/h2-10,13,27-28,30,32-33H,11-12,14-16H2,1H3,(H,29,31). The molecular weight excluding hydrogens is 466 g/mol. The number of hydrogen-bond donors (Lipinski definition) is 6. The van der Waals surface area contributed by atoms with Crippen molar-refractivity contribution in [3.63, 3.8) is 0 Å². The SMILES string of the molecule is COc1ccccc1CNCc1cccc(CCNCC(O)(O)c2ccc(O)c3[nH]c(=O)sc23)c1. The number of hydrogen-bond acceptors (Lipinski definition) is 8. The lowest BCUT2D eigenvalue weighted by atomic mass is 10.0. The van der Waals surface area contributed by atoms with Crippen LogP contribution in [-0.4, -0.2) is 40.5 Å². The summed E-state index contributed by atoms with van der Waals surface area (Å²) in [5.41, 5.74) is 3.77. The Balaban J connectivity index is 1.29. The molecule has 8 nitrogen and oxygen atoms in total. The smallest absolute Gasteiger partial charge is 0.305 e. The zero-order chi connectivity index (χ0) is 24.8. The Kier molecular flexibility index (Phi) is 7.84. The normalized spacial score (nSPS) is 11.7. The second kappa shape index (κ2) is 11.0. The number of H-pyrrole nitrogens is 1. The third kappa shape index (κ3) is 6.08. The van der Waals surface area contributed by atoms with Crippen LogP contribution in [0.2, 0.25) is 0 Å². The Morgan fingerprint density at radius 2 is 1.80 bits per heavy atom. The van der Waals surface area contributed by atoms with Crippen LogP contribution < -0.4 is 20.2 Å². The van der Waals surface area contributed by atoms with Crippen LogP contribution in [0.3, 0.4) is 0 Å². The Hall–Kier alpha value is -3.21. The number of rotatable bonds is 11. The summed E-state index contributed by atoms with van der Waals surface area (Å²) < 4.78 is 5.72. The maximum Gasteiger partial charge on any atom is 0.305 e. The van der Waals surface area contributed by atoms with Crippen LogP contribution in [-0.2, 0) is 25.3 Å². The molecule has 1 heterocycles. The molecule has 0 atom stereocenters. The molecule has 0 saturated carbocycles. The third-order valence-electron chi connectivity index (χ3n) is 5.78. The predicted octanol–water partition coefficient (Wildman–Crippen LogP) is 2.56. The maximum atomic E-state index is 11.7. The Labute approximate surface area is 206 Å². The van der Waals surface area contributed by atoms with Gasteiger partial charge in [-0.05, 0) is 42.3 Å². The molecule has 3 aromatic carbocycles. The van der Waals surface area contributed by atoms with Gasteiger partial charge in [-0.3, -0.25) is 4.79 Å². The Bertz CT molecular complexity index is 1350. The number of fused-ring (bicyclic) bond motifs is 1. The molecule has 4 aromatic rings. The fraction of sp³-hybridized carbons (Fsp3) is 0.269. The minimum atomic E-state index is -2.19. The highest BCUT2D eigenvalue weighted by Crippen LogP contribution is 2.32. The molecule has 9 heteroatoms. The van der Waals surface area contributed by atoms with Crippen LogP contribution >= 0.6 is 11.3 Å². The number of aromatic nitrogens is 1. The Morgan fingerprint density at radius 1 is 1.00 bits per heavy atom. The lowest BCUT2D eigenvalue weighted by Crippen LogP contribution is -2.38. The summed E-state index contributed by atoms with van der Waals surface area (Å²) in [6.07, 6.45) is 0.707. The molecule has 0 unspecified atom stereocenters. The molecule has 0 saturated heterocycles. The van der Waals surface area contributed by atoms with Crippen LogP contribution in [0.4, 0.5) is 0 Å². The van der Waals surface area contributed by atoms with E-state index in [1.807, 2.05) is 36.4 Å². The molecule has 0 fully saturated rings. The summed E-state index contributed by atoms with van der Waals surface area (Å²) in [4.78, 5) is 13.8. The number of ether oxygens (including phenoxy) is 1. The number of aliphatic hydroxyl groups is 2. The number of phenolic OH excluding ortho intramolecular Hbond substituents is 1. The minimum Gasteiger partial charge on any atom is -0.506 e. The molecular formula is C26H29N3O5S. The lowest BCUT2D eigenvalue weighted by molar-refractivity contribution is -0.164. The molecule has 6 N–H and O–H groups in total. The van der Waals surface area contributed by atoms with E-state index in [9.17, 15) is 20.1 Å². The van der Waals surface area contributed by atoms with Crippen molar-refractivity contribution >= 4 is 21.6 Å². The van der Waals surface area contributed by atoms with Gasteiger partial charge in [-0.2, -0.15) is 0 Å². The molecule has 0 aliphatic carbocycles. The van der Waals surface area contributed by atoms with Crippen LogP contribution in [0.1, 0.15) is 22.3 Å². The van der Waals surface area contributed by atoms with Gasteiger partial charge in [-0.15, -0.1) is 0 Å². The molecule has 184 valence electrons. The van der Waals surface area contributed by atoms with Gasteiger partial charge in [0.05, 0.1) is 18.4 Å². The number of para-hydroxylation sites is 1. The average molecular weight is 496 g/mol. The number of thiazole rings is 1. The fourth-order valence-corrected chi connectivity index (χ4v) is 4.95. The highest BCUT2D eigenvalue weighted by atomic mass is 32.1. The van der Waals surface area contributed by atoms with Crippen molar-refractivity contribution in [3.8, 4) is 11.5 Å². The number of methoxy groups -OCH3 is 1. The molecule has 0 aliphatic rings. The van der Waals surface area contributed by atoms with Gasteiger partial charge in [0.2, 0.25) is 5.79 Å². The molecule has 0 aliphatic heterocycles. The fourth-order valence-electron chi connectivity index (χ4n) is 4.01. The van der Waals surface area contributed by atoms with E-state index < -0.39 is 5.79 Å². The maximum absolute atomic E-state index is 11.7. The second-order valence-electron chi connectivity index (χ2n) is 8.33. The van der Waals surface area contributed by atoms with Crippen LogP contribution in [0.15, 0.2) is 65.5 Å². The van der Waals surface area contributed by atoms with Crippen molar-refractivity contribution in [1.82, 2.24) is 15.6 Å². The summed E-state index contributed by atoms with van der Waals surface area (Å²) in [5.74, 6) is -1.44. The number of aromatic hydroxyl groups is 1. The van der Waals surface area contributed by atoms with Gasteiger partial charge < -0.3 is 35.7 Å². The first kappa shape index (κ1) is 24.9. The monoisotopic (exact) mass is 495 g/mol. The first-order valence-electron chi connectivity index (χ1n) is 11.3. The highest BCUT2D eigenvalue weighted by Gasteiger charge is 2.29. The van der Waals surface area contributed by atoms with E-state index in [4.69, 9.17) is 4.74 Å². The molecule has 0 bridgehead atoms. The first-order chi connectivity index (χ1) is 16.9. The largest absolute Gasteiger partial charge is 0.506 e. The Morgan fingerprint density at radius 3 is 2.63 bits per heavy atom. The van der Waals surface area contributed by atoms with E-state index in [2.05, 4.69) is 27.8 Å². The van der Waals surface area contributed by atoms with Crippen molar-refractivity contribution < 1.29 is 20.1 Å². The predicted molar refractivity (Wildman–Crippen MR) is 137 cm³/mol. The first-order valence-corrected chi connectivity index (χ1v) is 12.1. The molecule has 0 spiro atoms. The van der Waals surface area contributed by atoms with Gasteiger partial charge in [0.15, 0.2) is 0 Å². The summed E-state index contributed by atoms with van der Waals surface area (Å²) in [6, 6.07) is 18.9. The topological polar surface area (TPSA) is 127 Å². The summed E-state index contributed by atoms with van der Waals surface area (Å²) in [5, 5.41) is 37.7. The molecule has 0 radical (unpaired) electrons. The summed E-state index contributed by atoms with van der Waals surface area (Å²) in [6.45, 7) is 1.82. The lowest BCUT2D eigenvalue weighted by Gasteiger charge is -2.23. The summed E-state index contributed by atoms with van der Waals surface area (Å²) in [7, 11) is 1.67. The minimum absolute atomic E-state index is 0.108. The zero-order valence-corrected chi connectivity index (χ0v) is 20.2. The van der Waals surface area contributed by atoms with Gasteiger partial charge in [-0.1, -0.05) is 53.8 Å². The number of benzene rings is 3. The van der Waals surface area contributed by atoms with Gasteiger partial charge >= 0.3 is 4.87 Å². The molecule has 1 aromatic heterocycles. The van der Waals surface area contributed by atoms with E-state index in [-0.39, 0.29) is 28.2 Å². The zero-order valence-electron chi connectivity index (χ0n) is 19.4. The third-order valence-corrected chi connectivity index (χ3v) is 6.69. The van der Waals surface area contributed by atoms with E-state index in [1.165, 1.54) is 12.1 Å². The summed E-state index contributed by atoms with van der Waals surface area (Å²) >= 11 is 0.833. The van der Waals surface area contributed by atoms with Gasteiger partial charge in [0.1, 0.15) is 17.0 Å². The van der Waals surface area contributed by atoms with Crippen molar-refractivity contribution in [1.29, 1.82) is 0 Å². The number of phenols is 1. The van der Waals surface area contributed by atoms with Gasteiger partial charge in [0.25, 0.3) is 0 Å². The van der Waals surface area contributed by atoms with Crippen molar-refractivity contribution in [2.45, 2.75) is 25.3 Å². The van der Waals surface area contributed by atoms with Crippen LogP contribution in [0.5, 0.6) is 11.5 Å². The molecule has 35 heavy (non-hydrogen) atoms. The van der Waals surface area contributed by atoms with E-state index in [0.29, 0.717) is 30.8 Å². The van der Waals surface area contributed by atoms with Crippen LogP contribution in [0, 0.1) is 0 Å². The van der Waals surface area contributed by atoms with Gasteiger partial charge in [0, 0.05) is 24.2 Å². The average Bonchev–Trinajstić information content (AvgIpc) is 3.24. The number of aromatic amines is 1. The number of nitrogens with one attached hydrogen (secondary N) is 3. The van der Waals surface area contributed by atoms with Crippen molar-refractivity contribution in [2.75, 3.05) is 20.2 Å². The van der Waals surface area contributed by atoms with E-state index in [1.54, 1.807) is 7.11 Å². The van der Waals surface area contributed by atoms with Crippen molar-refractivity contribution in [2.24, 2.45) is 0 Å². The molecule has 0 amide bonds. The highest BCUT2D eigenvalue weighted by molar-refractivity contribution is 7.16. The van der Waals surface area contributed by atoms with E-state index >= 15 is 0 Å².